The van der Waals surface area contributed by atoms with Crippen molar-refractivity contribution in [3.05, 3.63) is 22.4 Å². The van der Waals surface area contributed by atoms with Crippen molar-refractivity contribution >= 4 is 23.3 Å². The molecule has 2 atom stereocenters. The van der Waals surface area contributed by atoms with Crippen LogP contribution in [0.4, 0.5) is 4.79 Å². The highest BCUT2D eigenvalue weighted by molar-refractivity contribution is 7.10. The van der Waals surface area contributed by atoms with Crippen molar-refractivity contribution in [2.24, 2.45) is 11.8 Å². The molecule has 2 fully saturated rings. The number of amides is 2. The van der Waals surface area contributed by atoms with Gasteiger partial charge in [0.25, 0.3) is 0 Å². The highest BCUT2D eigenvalue weighted by atomic mass is 32.1. The van der Waals surface area contributed by atoms with Crippen molar-refractivity contribution in [1.29, 1.82) is 0 Å². The first kappa shape index (κ1) is 20.2. The van der Waals surface area contributed by atoms with Gasteiger partial charge >= 0.3 is 6.09 Å². The van der Waals surface area contributed by atoms with Gasteiger partial charge in [-0.25, -0.2) is 4.79 Å². The smallest absolute Gasteiger partial charge is 0.410 e. The van der Waals surface area contributed by atoms with Crippen LogP contribution < -0.4 is 5.32 Å². The number of likely N-dealkylation sites (tertiary alicyclic amines) is 1. The second-order valence-electron chi connectivity index (χ2n) is 8.81. The molecule has 6 heteroatoms. The van der Waals surface area contributed by atoms with Crippen molar-refractivity contribution < 1.29 is 14.3 Å². The Bertz CT molecular complexity index is 632. The zero-order valence-corrected chi connectivity index (χ0v) is 17.5. The Morgan fingerprint density at radius 2 is 1.96 bits per heavy atom. The maximum Gasteiger partial charge on any atom is 0.410 e. The van der Waals surface area contributed by atoms with Gasteiger partial charge in [0.1, 0.15) is 5.60 Å². The van der Waals surface area contributed by atoms with Gasteiger partial charge in [-0.1, -0.05) is 18.9 Å². The van der Waals surface area contributed by atoms with E-state index < -0.39 is 5.60 Å². The normalized spacial score (nSPS) is 22.5. The molecule has 0 unspecified atom stereocenters. The highest BCUT2D eigenvalue weighted by Gasteiger charge is 2.34. The third-order valence-electron chi connectivity index (χ3n) is 5.46. The Labute approximate surface area is 166 Å². The Morgan fingerprint density at radius 1 is 1.22 bits per heavy atom. The number of carbonyl (C=O) groups is 2. The molecule has 1 N–H and O–H groups in total. The van der Waals surface area contributed by atoms with Crippen LogP contribution in [0.1, 0.15) is 70.2 Å². The van der Waals surface area contributed by atoms with E-state index in [1.54, 1.807) is 16.2 Å². The molecule has 2 heterocycles. The molecule has 1 aromatic heterocycles. The molecule has 3 rings (SSSR count). The fraction of sp³-hybridized carbons (Fsp3) is 0.714. The van der Waals surface area contributed by atoms with Gasteiger partial charge in [0.05, 0.1) is 12.0 Å². The molecule has 2 aliphatic rings. The van der Waals surface area contributed by atoms with Crippen LogP contribution in [0.2, 0.25) is 0 Å². The molecule has 5 nitrogen and oxygen atoms in total. The number of rotatable bonds is 4. The first-order valence-electron chi connectivity index (χ1n) is 10.2. The molecular weight excluding hydrogens is 360 g/mol. The quantitative estimate of drug-likeness (QED) is 0.805. The van der Waals surface area contributed by atoms with E-state index in [0.717, 1.165) is 12.8 Å². The van der Waals surface area contributed by atoms with Gasteiger partial charge in [0.15, 0.2) is 0 Å². The topological polar surface area (TPSA) is 58.6 Å². The average molecular weight is 393 g/mol. The molecule has 27 heavy (non-hydrogen) atoms. The molecule has 1 saturated heterocycles. The summed E-state index contributed by atoms with van der Waals surface area (Å²) in [7, 11) is 0. The van der Waals surface area contributed by atoms with Crippen molar-refractivity contribution in [3.63, 3.8) is 0 Å². The predicted molar refractivity (Wildman–Crippen MR) is 108 cm³/mol. The first-order valence-corrected chi connectivity index (χ1v) is 11.0. The summed E-state index contributed by atoms with van der Waals surface area (Å²) in [4.78, 5) is 28.3. The van der Waals surface area contributed by atoms with Gasteiger partial charge in [0.2, 0.25) is 5.91 Å². The number of hydrogen-bond acceptors (Lipinski definition) is 4. The summed E-state index contributed by atoms with van der Waals surface area (Å²) in [5.41, 5.74) is -0.515. The number of nitrogens with zero attached hydrogens (tertiary/aromatic N) is 1. The molecule has 1 saturated carbocycles. The van der Waals surface area contributed by atoms with Crippen LogP contribution in [0.15, 0.2) is 17.5 Å². The summed E-state index contributed by atoms with van der Waals surface area (Å²) in [6.07, 6.45) is 6.20. The number of piperidine rings is 1. The Hall–Kier alpha value is -1.56. The second-order valence-corrected chi connectivity index (χ2v) is 9.79. The highest BCUT2D eigenvalue weighted by Crippen LogP contribution is 2.37. The van der Waals surface area contributed by atoms with E-state index in [-0.39, 0.29) is 24.0 Å². The van der Waals surface area contributed by atoms with Crippen LogP contribution >= 0.6 is 11.3 Å². The van der Waals surface area contributed by atoms with E-state index in [9.17, 15) is 9.59 Å². The molecular formula is C21H32N2O3S. The van der Waals surface area contributed by atoms with Gasteiger partial charge in [-0.05, 0) is 63.8 Å². The Balaban J connectivity index is 1.62. The Morgan fingerprint density at radius 3 is 2.59 bits per heavy atom. The lowest BCUT2D eigenvalue weighted by molar-refractivity contribution is -0.127. The minimum absolute atomic E-state index is 0.0774. The predicted octanol–water partition coefficient (Wildman–Crippen LogP) is 4.74. The summed E-state index contributed by atoms with van der Waals surface area (Å²) in [5, 5.41) is 5.41. The van der Waals surface area contributed by atoms with Gasteiger partial charge in [-0.15, -0.1) is 11.3 Å². The zero-order chi connectivity index (χ0) is 19.4. The SMILES string of the molecule is CC(C)(C)OC(=O)N1CCC[C@@H](C(=O)N[C@@H](c2cccs2)C2CCCC2)C1. The Kier molecular flexibility index (Phi) is 6.45. The minimum atomic E-state index is -0.515. The van der Waals surface area contributed by atoms with Crippen molar-refractivity contribution in [2.75, 3.05) is 13.1 Å². The molecule has 0 radical (unpaired) electrons. The molecule has 0 bridgehead atoms. The molecule has 1 aromatic rings. The number of nitrogens with one attached hydrogen (secondary N) is 1. The van der Waals surface area contributed by atoms with Gasteiger partial charge < -0.3 is 15.0 Å². The average Bonchev–Trinajstić information content (AvgIpc) is 3.32. The van der Waals surface area contributed by atoms with E-state index in [1.165, 1.54) is 30.6 Å². The van der Waals surface area contributed by atoms with E-state index in [0.29, 0.717) is 19.0 Å². The maximum absolute atomic E-state index is 13.0. The molecule has 1 aliphatic heterocycles. The van der Waals surface area contributed by atoms with Crippen LogP contribution in [0.25, 0.3) is 0 Å². The second kappa shape index (κ2) is 8.63. The fourth-order valence-electron chi connectivity index (χ4n) is 4.13. The summed E-state index contributed by atoms with van der Waals surface area (Å²) < 4.78 is 5.48. The number of hydrogen-bond donors (Lipinski definition) is 1. The molecule has 1 aliphatic carbocycles. The van der Waals surface area contributed by atoms with Crippen LogP contribution in [-0.2, 0) is 9.53 Å². The van der Waals surface area contributed by atoms with Crippen molar-refractivity contribution in [3.8, 4) is 0 Å². The molecule has 2 amide bonds. The van der Waals surface area contributed by atoms with Crippen LogP contribution in [0.3, 0.4) is 0 Å². The van der Waals surface area contributed by atoms with E-state index in [4.69, 9.17) is 4.74 Å². The van der Waals surface area contributed by atoms with Gasteiger partial charge in [-0.2, -0.15) is 0 Å². The van der Waals surface area contributed by atoms with Crippen molar-refractivity contribution in [2.45, 2.75) is 70.9 Å². The largest absolute Gasteiger partial charge is 0.444 e. The third-order valence-corrected chi connectivity index (χ3v) is 6.42. The monoisotopic (exact) mass is 392 g/mol. The fourth-order valence-corrected chi connectivity index (χ4v) is 5.00. The van der Waals surface area contributed by atoms with E-state index in [2.05, 4.69) is 22.8 Å². The zero-order valence-electron chi connectivity index (χ0n) is 16.7. The minimum Gasteiger partial charge on any atom is -0.444 e. The molecule has 0 aromatic carbocycles. The van der Waals surface area contributed by atoms with Gasteiger partial charge in [0, 0.05) is 18.0 Å². The standard InChI is InChI=1S/C21H32N2O3S/c1-21(2,3)26-20(25)23-12-6-10-16(14-23)19(24)22-18(15-8-4-5-9-15)17-11-7-13-27-17/h7,11,13,15-16,18H,4-6,8-10,12,14H2,1-3H3,(H,22,24)/t16-,18-/m1/s1. The van der Waals surface area contributed by atoms with Crippen LogP contribution in [-0.4, -0.2) is 35.6 Å². The molecule has 0 spiro atoms. The van der Waals surface area contributed by atoms with Crippen LogP contribution in [0.5, 0.6) is 0 Å². The lowest BCUT2D eigenvalue weighted by Crippen LogP contribution is -2.48. The van der Waals surface area contributed by atoms with Crippen LogP contribution in [0, 0.1) is 11.8 Å². The first-order chi connectivity index (χ1) is 12.8. The summed E-state index contributed by atoms with van der Waals surface area (Å²) in [6.45, 7) is 6.71. The van der Waals surface area contributed by atoms with E-state index in [1.807, 2.05) is 20.8 Å². The summed E-state index contributed by atoms with van der Waals surface area (Å²) in [5.74, 6) is 0.446. The lowest BCUT2D eigenvalue weighted by Gasteiger charge is -2.34. The van der Waals surface area contributed by atoms with E-state index >= 15 is 0 Å². The molecule has 150 valence electrons. The van der Waals surface area contributed by atoms with Gasteiger partial charge in [-0.3, -0.25) is 4.79 Å². The summed E-state index contributed by atoms with van der Waals surface area (Å²) >= 11 is 1.72. The number of ether oxygens (including phenoxy) is 1. The maximum atomic E-state index is 13.0. The number of thiophene rings is 1. The lowest BCUT2D eigenvalue weighted by atomic mass is 9.93. The number of carbonyl (C=O) groups excluding carboxylic acids is 2. The third kappa shape index (κ3) is 5.47. The van der Waals surface area contributed by atoms with Crippen molar-refractivity contribution in [1.82, 2.24) is 10.2 Å². The summed E-state index contributed by atoms with van der Waals surface area (Å²) in [6, 6.07) is 4.29.